The molecule has 0 radical (unpaired) electrons. The molecule has 7 nitrogen and oxygen atoms in total. The summed E-state index contributed by atoms with van der Waals surface area (Å²) in [5.74, 6) is 0.374. The fourth-order valence-corrected chi connectivity index (χ4v) is 3.46. The highest BCUT2D eigenvalue weighted by Gasteiger charge is 2.15. The summed E-state index contributed by atoms with van der Waals surface area (Å²) in [6, 6.07) is 11.3. The molecule has 140 valence electrons. The van der Waals surface area contributed by atoms with E-state index in [1.807, 2.05) is 41.8 Å². The lowest BCUT2D eigenvalue weighted by molar-refractivity contribution is -0.128. The average Bonchev–Trinajstić information content (AvgIpc) is 3.27. The number of benzene rings is 1. The Morgan fingerprint density at radius 3 is 2.78 bits per heavy atom. The van der Waals surface area contributed by atoms with Gasteiger partial charge < -0.3 is 10.2 Å². The lowest BCUT2D eigenvalue weighted by Gasteiger charge is -2.18. The second-order valence-electron chi connectivity index (χ2n) is 6.00. The summed E-state index contributed by atoms with van der Waals surface area (Å²) in [6.45, 7) is 1.96. The summed E-state index contributed by atoms with van der Waals surface area (Å²) >= 11 is 6.79. The van der Waals surface area contributed by atoms with Crippen LogP contribution in [0.25, 0.3) is 10.7 Å². The normalized spacial score (nSPS) is 10.6. The largest absolute Gasteiger partial charge is 0.342 e. The molecule has 3 aromatic rings. The maximum Gasteiger partial charge on any atom is 0.244 e. The van der Waals surface area contributed by atoms with Crippen molar-refractivity contribution >= 4 is 41.1 Å². The summed E-state index contributed by atoms with van der Waals surface area (Å²) in [4.78, 5) is 26.6. The van der Waals surface area contributed by atoms with Gasteiger partial charge in [-0.15, -0.1) is 11.3 Å². The number of anilines is 1. The number of hydrogen-bond donors (Lipinski definition) is 2. The fraction of sp³-hybridized carbons (Fsp3) is 0.222. The number of nitrogens with zero attached hydrogens (tertiary/aromatic N) is 3. The zero-order valence-corrected chi connectivity index (χ0v) is 16.6. The van der Waals surface area contributed by atoms with Gasteiger partial charge in [0.2, 0.25) is 11.8 Å². The van der Waals surface area contributed by atoms with Gasteiger partial charge in [0.05, 0.1) is 4.88 Å². The van der Waals surface area contributed by atoms with Crippen LogP contribution in [0.1, 0.15) is 12.5 Å². The van der Waals surface area contributed by atoms with Crippen LogP contribution in [0.2, 0.25) is 0 Å². The number of hydrogen-bond acceptors (Lipinski definition) is 5. The molecule has 2 aromatic heterocycles. The van der Waals surface area contributed by atoms with E-state index in [1.165, 1.54) is 18.3 Å². The van der Waals surface area contributed by atoms with Gasteiger partial charge in [-0.1, -0.05) is 24.3 Å². The predicted octanol–water partition coefficient (Wildman–Crippen LogP) is 3.29. The summed E-state index contributed by atoms with van der Waals surface area (Å²) in [7, 11) is 1.72. The molecular weight excluding hydrogens is 382 g/mol. The van der Waals surface area contributed by atoms with Crippen molar-refractivity contribution in [1.29, 1.82) is 0 Å². The van der Waals surface area contributed by atoms with Gasteiger partial charge in [0.15, 0.2) is 10.6 Å². The number of rotatable bonds is 6. The maximum atomic E-state index is 12.6. The number of aromatic amines is 1. The van der Waals surface area contributed by atoms with E-state index in [1.54, 1.807) is 16.5 Å². The monoisotopic (exact) mass is 401 g/mol. The molecule has 0 saturated heterocycles. The van der Waals surface area contributed by atoms with Crippen molar-refractivity contribution < 1.29 is 9.59 Å². The van der Waals surface area contributed by atoms with E-state index in [4.69, 9.17) is 12.2 Å². The summed E-state index contributed by atoms with van der Waals surface area (Å²) < 4.78 is 2.05. The predicted molar refractivity (Wildman–Crippen MR) is 108 cm³/mol. The van der Waals surface area contributed by atoms with Gasteiger partial charge in [-0.25, -0.2) is 0 Å². The first kappa shape index (κ1) is 19.0. The third kappa shape index (κ3) is 4.50. The first-order valence-corrected chi connectivity index (χ1v) is 9.53. The second kappa shape index (κ2) is 8.28. The van der Waals surface area contributed by atoms with Crippen molar-refractivity contribution in [2.24, 2.45) is 0 Å². The van der Waals surface area contributed by atoms with E-state index in [2.05, 4.69) is 15.5 Å². The SMILES string of the molecule is CC(=O)N(C)Cc1ccccc1NC(=O)Cn1c(-c2cccs2)n[nH]c1=S. The molecule has 0 atom stereocenters. The zero-order valence-electron chi connectivity index (χ0n) is 14.9. The van der Waals surface area contributed by atoms with E-state index < -0.39 is 0 Å². The molecule has 0 aliphatic carbocycles. The Labute approximate surface area is 165 Å². The van der Waals surface area contributed by atoms with E-state index in [9.17, 15) is 9.59 Å². The van der Waals surface area contributed by atoms with Crippen LogP contribution in [-0.4, -0.2) is 38.5 Å². The highest BCUT2D eigenvalue weighted by atomic mass is 32.1. The van der Waals surface area contributed by atoms with Crippen molar-refractivity contribution in [2.45, 2.75) is 20.0 Å². The Morgan fingerprint density at radius 2 is 2.07 bits per heavy atom. The molecule has 0 unspecified atom stereocenters. The summed E-state index contributed by atoms with van der Waals surface area (Å²) in [5, 5.41) is 11.8. The average molecular weight is 402 g/mol. The molecule has 2 amide bonds. The molecule has 1 aromatic carbocycles. The topological polar surface area (TPSA) is 83.0 Å². The molecule has 9 heteroatoms. The molecule has 27 heavy (non-hydrogen) atoms. The Balaban J connectivity index is 1.77. The minimum absolute atomic E-state index is 0.0404. The van der Waals surface area contributed by atoms with Crippen molar-refractivity contribution in [2.75, 3.05) is 12.4 Å². The molecule has 3 rings (SSSR count). The molecule has 0 aliphatic heterocycles. The van der Waals surface area contributed by atoms with Gasteiger partial charge in [-0.05, 0) is 35.3 Å². The molecule has 0 fully saturated rings. The van der Waals surface area contributed by atoms with Gasteiger partial charge in [0, 0.05) is 26.2 Å². The number of thiophene rings is 1. The van der Waals surface area contributed by atoms with Gasteiger partial charge in [0.25, 0.3) is 0 Å². The second-order valence-corrected chi connectivity index (χ2v) is 7.33. The summed E-state index contributed by atoms with van der Waals surface area (Å²) in [6.07, 6.45) is 0. The fourth-order valence-electron chi connectivity index (χ4n) is 2.54. The Morgan fingerprint density at radius 1 is 1.30 bits per heavy atom. The maximum absolute atomic E-state index is 12.6. The van der Waals surface area contributed by atoms with Crippen molar-refractivity contribution in [1.82, 2.24) is 19.7 Å². The van der Waals surface area contributed by atoms with Crippen LogP contribution in [0, 0.1) is 4.77 Å². The summed E-state index contributed by atoms with van der Waals surface area (Å²) in [5.41, 5.74) is 1.53. The molecule has 2 N–H and O–H groups in total. The number of carbonyl (C=O) groups is 2. The van der Waals surface area contributed by atoms with E-state index in [-0.39, 0.29) is 18.4 Å². The van der Waals surface area contributed by atoms with E-state index in [0.717, 1.165) is 10.4 Å². The number of nitrogens with one attached hydrogen (secondary N) is 2. The van der Waals surface area contributed by atoms with Crippen LogP contribution in [0.5, 0.6) is 0 Å². The van der Waals surface area contributed by atoms with Crippen LogP contribution in [0.15, 0.2) is 41.8 Å². The zero-order chi connectivity index (χ0) is 19.4. The van der Waals surface area contributed by atoms with Gasteiger partial charge in [-0.2, -0.15) is 5.10 Å². The highest BCUT2D eigenvalue weighted by Crippen LogP contribution is 2.23. The Kier molecular flexibility index (Phi) is 5.82. The Bertz CT molecular complexity index is 1010. The number of H-pyrrole nitrogens is 1. The minimum atomic E-state index is -0.219. The lowest BCUT2D eigenvalue weighted by Crippen LogP contribution is -2.25. The highest BCUT2D eigenvalue weighted by molar-refractivity contribution is 7.71. The third-order valence-corrected chi connectivity index (χ3v) is 5.22. The van der Waals surface area contributed by atoms with Crippen molar-refractivity contribution in [3.8, 4) is 10.7 Å². The van der Waals surface area contributed by atoms with Crippen molar-refractivity contribution in [3.05, 3.63) is 52.1 Å². The first-order valence-electron chi connectivity index (χ1n) is 8.24. The minimum Gasteiger partial charge on any atom is -0.342 e. The third-order valence-electron chi connectivity index (χ3n) is 4.04. The van der Waals surface area contributed by atoms with Crippen LogP contribution < -0.4 is 5.32 Å². The number of para-hydroxylation sites is 1. The van der Waals surface area contributed by atoms with Crippen LogP contribution >= 0.6 is 23.6 Å². The molecule has 0 saturated carbocycles. The molecule has 2 heterocycles. The Hall–Kier alpha value is -2.78. The quantitative estimate of drug-likeness (QED) is 0.621. The van der Waals surface area contributed by atoms with Gasteiger partial charge in [0.1, 0.15) is 6.54 Å². The van der Waals surface area contributed by atoms with E-state index >= 15 is 0 Å². The van der Waals surface area contributed by atoms with Gasteiger partial charge in [-0.3, -0.25) is 19.3 Å². The molecule has 0 bridgehead atoms. The van der Waals surface area contributed by atoms with Crippen molar-refractivity contribution in [3.63, 3.8) is 0 Å². The lowest BCUT2D eigenvalue weighted by atomic mass is 10.1. The van der Waals surface area contributed by atoms with Crippen LogP contribution in [0.4, 0.5) is 5.69 Å². The number of amides is 2. The smallest absolute Gasteiger partial charge is 0.244 e. The number of carbonyl (C=O) groups excluding carboxylic acids is 2. The van der Waals surface area contributed by atoms with Gasteiger partial charge >= 0.3 is 0 Å². The van der Waals surface area contributed by atoms with E-state index in [0.29, 0.717) is 22.8 Å². The van der Waals surface area contributed by atoms with Crippen LogP contribution in [0.3, 0.4) is 0 Å². The molecule has 0 aliphatic rings. The molecular formula is C18H19N5O2S2. The first-order chi connectivity index (χ1) is 13.0. The molecule has 0 spiro atoms. The number of aromatic nitrogens is 3. The standard InChI is InChI=1S/C18H19N5O2S2/c1-12(24)22(2)10-13-6-3-4-7-14(13)19-16(25)11-23-17(20-21-18(23)26)15-8-5-9-27-15/h3-9H,10-11H2,1-2H3,(H,19,25)(H,21,26). The van der Waals surface area contributed by atoms with Crippen LogP contribution in [-0.2, 0) is 22.7 Å².